The van der Waals surface area contributed by atoms with E-state index >= 15 is 0 Å². The maximum atomic E-state index is 13.1. The Bertz CT molecular complexity index is 1650. The van der Waals surface area contributed by atoms with Crippen LogP contribution in [-0.2, 0) is 23.2 Å². The van der Waals surface area contributed by atoms with Crippen LogP contribution in [0, 0.1) is 0 Å². The molecule has 0 saturated carbocycles. The van der Waals surface area contributed by atoms with Gasteiger partial charge in [0.1, 0.15) is 22.7 Å². The van der Waals surface area contributed by atoms with Gasteiger partial charge in [0.15, 0.2) is 11.2 Å². The van der Waals surface area contributed by atoms with Crippen molar-refractivity contribution in [2.75, 3.05) is 16.8 Å². The maximum Gasteiger partial charge on any atom is 0.332 e. The van der Waals surface area contributed by atoms with Gasteiger partial charge < -0.3 is 14.8 Å². The number of hydrogen-bond donors (Lipinski definition) is 1. The molecule has 0 aromatic carbocycles. The molecule has 0 bridgehead atoms. The molecule has 2 atom stereocenters. The van der Waals surface area contributed by atoms with Gasteiger partial charge in [-0.15, -0.1) is 11.3 Å². The van der Waals surface area contributed by atoms with E-state index in [-0.39, 0.29) is 23.5 Å². The zero-order valence-corrected chi connectivity index (χ0v) is 22.2. The molecule has 4 aromatic heterocycles. The van der Waals surface area contributed by atoms with Crippen LogP contribution >= 0.6 is 11.3 Å². The number of aryl methyl sites for hydroxylation is 1. The second kappa shape index (κ2) is 9.93. The van der Waals surface area contributed by atoms with Crippen LogP contribution in [0.1, 0.15) is 39.7 Å². The minimum atomic E-state index is -0.855. The van der Waals surface area contributed by atoms with E-state index in [0.29, 0.717) is 22.8 Å². The highest BCUT2D eigenvalue weighted by molar-refractivity contribution is 7.13. The molecule has 5 rings (SSSR count). The molecule has 14 heteroatoms. The van der Waals surface area contributed by atoms with Gasteiger partial charge in [-0.05, 0) is 33.6 Å². The Hall–Kier alpha value is -4.20. The molecule has 198 valence electrons. The molecule has 1 amide bonds. The average Bonchev–Trinajstić information content (AvgIpc) is 3.65. The van der Waals surface area contributed by atoms with Crippen molar-refractivity contribution in [2.45, 2.75) is 52.2 Å². The molecule has 1 aliphatic rings. The normalized spacial score (nSPS) is 16.2. The highest BCUT2D eigenvalue weighted by Gasteiger charge is 2.25. The SMILES string of the molecule is CC(=O)Cn1c(=O)c2c(ncn2[C@@H](C)C(=O)Nc2csc(-c3cnc(N4CCC[C@H]4C)nc3)n2)n(C)c1=O. The lowest BCUT2D eigenvalue weighted by molar-refractivity contribution is -0.119. The second-order valence-electron chi connectivity index (χ2n) is 9.42. The van der Waals surface area contributed by atoms with E-state index < -0.39 is 23.2 Å². The molecule has 0 spiro atoms. The summed E-state index contributed by atoms with van der Waals surface area (Å²) in [4.78, 5) is 70.2. The zero-order valence-electron chi connectivity index (χ0n) is 21.4. The van der Waals surface area contributed by atoms with Crippen LogP contribution in [0.15, 0.2) is 33.7 Å². The lowest BCUT2D eigenvalue weighted by Crippen LogP contribution is -2.41. The first-order chi connectivity index (χ1) is 18.2. The molecule has 1 N–H and O–H groups in total. The van der Waals surface area contributed by atoms with Gasteiger partial charge in [0.2, 0.25) is 11.9 Å². The lowest BCUT2D eigenvalue weighted by atomic mass is 10.2. The summed E-state index contributed by atoms with van der Waals surface area (Å²) in [7, 11) is 1.46. The summed E-state index contributed by atoms with van der Waals surface area (Å²) in [5.41, 5.74) is -0.409. The number of rotatable bonds is 7. The Balaban J connectivity index is 1.36. The number of nitrogens with one attached hydrogen (secondary N) is 1. The Morgan fingerprint density at radius 1 is 1.21 bits per heavy atom. The fourth-order valence-electron chi connectivity index (χ4n) is 4.58. The van der Waals surface area contributed by atoms with Gasteiger partial charge in [-0.2, -0.15) is 0 Å². The van der Waals surface area contributed by atoms with Crippen LogP contribution in [0.4, 0.5) is 11.8 Å². The number of anilines is 2. The molecular formula is C24H27N9O4S. The van der Waals surface area contributed by atoms with Gasteiger partial charge in [-0.1, -0.05) is 0 Å². The summed E-state index contributed by atoms with van der Waals surface area (Å²) in [6.07, 6.45) is 7.05. The number of Topliss-reactive ketones (excluding diaryl/α,β-unsaturated/α-hetero) is 1. The topological polar surface area (TPSA) is 150 Å². The molecule has 0 unspecified atom stereocenters. The summed E-state index contributed by atoms with van der Waals surface area (Å²) < 4.78 is 3.42. The Morgan fingerprint density at radius 3 is 2.61 bits per heavy atom. The summed E-state index contributed by atoms with van der Waals surface area (Å²) >= 11 is 1.35. The summed E-state index contributed by atoms with van der Waals surface area (Å²) in [6, 6.07) is -0.440. The predicted octanol–water partition coefficient (Wildman–Crippen LogP) is 1.59. The Labute approximate surface area is 220 Å². The Kier molecular flexibility index (Phi) is 6.65. The van der Waals surface area contributed by atoms with Gasteiger partial charge in [0.25, 0.3) is 5.56 Å². The van der Waals surface area contributed by atoms with Crippen molar-refractivity contribution in [3.63, 3.8) is 0 Å². The zero-order chi connectivity index (χ0) is 27.1. The van der Waals surface area contributed by atoms with E-state index in [9.17, 15) is 19.2 Å². The highest BCUT2D eigenvalue weighted by atomic mass is 32.1. The molecule has 38 heavy (non-hydrogen) atoms. The number of carbonyl (C=O) groups is 2. The number of aromatic nitrogens is 7. The minimum Gasteiger partial charge on any atom is -0.338 e. The standard InChI is InChI=1S/C24H27N9O4S/c1-13-6-5-7-31(13)23-25-8-16(9-26-23)21-29-17(11-38-21)28-20(35)15(3)33-12-27-19-18(33)22(36)32(10-14(2)34)24(37)30(19)4/h8-9,11-13,15H,5-7,10H2,1-4H3,(H,28,35)/t13-,15+/m1/s1. The van der Waals surface area contributed by atoms with Crippen LogP contribution in [0.5, 0.6) is 0 Å². The molecule has 4 aromatic rings. The van der Waals surface area contributed by atoms with E-state index in [1.54, 1.807) is 24.7 Å². The first-order valence-corrected chi connectivity index (χ1v) is 13.0. The number of imidazole rings is 1. The van der Waals surface area contributed by atoms with E-state index in [1.165, 1.54) is 40.8 Å². The smallest absolute Gasteiger partial charge is 0.332 e. The molecule has 1 saturated heterocycles. The van der Waals surface area contributed by atoms with Crippen LogP contribution < -0.4 is 21.5 Å². The molecule has 0 aliphatic carbocycles. The summed E-state index contributed by atoms with van der Waals surface area (Å²) in [5, 5.41) is 5.14. The fourth-order valence-corrected chi connectivity index (χ4v) is 5.30. The molecule has 1 aliphatic heterocycles. The first-order valence-electron chi connectivity index (χ1n) is 12.2. The van der Waals surface area contributed by atoms with Crippen LogP contribution in [-0.4, -0.2) is 57.9 Å². The highest BCUT2D eigenvalue weighted by Crippen LogP contribution is 2.28. The largest absolute Gasteiger partial charge is 0.338 e. The summed E-state index contributed by atoms with van der Waals surface area (Å²) in [5.74, 6) is 0.280. The van der Waals surface area contributed by atoms with Crippen molar-refractivity contribution in [3.05, 3.63) is 44.9 Å². The van der Waals surface area contributed by atoms with E-state index in [1.807, 2.05) is 0 Å². The van der Waals surface area contributed by atoms with Crippen molar-refractivity contribution in [1.82, 2.24) is 33.6 Å². The minimum absolute atomic E-state index is 0.0551. The van der Waals surface area contributed by atoms with Crippen LogP contribution in [0.2, 0.25) is 0 Å². The molecule has 1 fully saturated rings. The molecule has 0 radical (unpaired) electrons. The third kappa shape index (κ3) is 4.51. The number of carbonyl (C=O) groups excluding carboxylic acids is 2. The third-order valence-corrected chi connectivity index (χ3v) is 7.58. The van der Waals surface area contributed by atoms with E-state index in [0.717, 1.165) is 29.5 Å². The van der Waals surface area contributed by atoms with Crippen molar-refractivity contribution in [2.24, 2.45) is 7.05 Å². The van der Waals surface area contributed by atoms with Gasteiger partial charge in [0.05, 0.1) is 12.9 Å². The van der Waals surface area contributed by atoms with Crippen LogP contribution in [0.3, 0.4) is 0 Å². The first kappa shape index (κ1) is 25.4. The lowest BCUT2D eigenvalue weighted by Gasteiger charge is -2.20. The molecule has 13 nitrogen and oxygen atoms in total. The monoisotopic (exact) mass is 537 g/mol. The Morgan fingerprint density at radius 2 is 1.95 bits per heavy atom. The fraction of sp³-hybridized carbons (Fsp3) is 0.417. The third-order valence-electron chi connectivity index (χ3n) is 6.69. The van der Waals surface area contributed by atoms with Crippen LogP contribution in [0.25, 0.3) is 21.7 Å². The number of fused-ring (bicyclic) bond motifs is 1. The van der Waals surface area contributed by atoms with Gasteiger partial charge in [0, 0.05) is 43.0 Å². The van der Waals surface area contributed by atoms with E-state index in [2.05, 4.69) is 37.1 Å². The van der Waals surface area contributed by atoms with Crippen molar-refractivity contribution < 1.29 is 9.59 Å². The number of nitrogens with zero attached hydrogens (tertiary/aromatic N) is 8. The second-order valence-corrected chi connectivity index (χ2v) is 10.3. The van der Waals surface area contributed by atoms with Gasteiger partial charge in [-0.3, -0.25) is 23.5 Å². The average molecular weight is 538 g/mol. The predicted molar refractivity (Wildman–Crippen MR) is 142 cm³/mol. The quantitative estimate of drug-likeness (QED) is 0.371. The van der Waals surface area contributed by atoms with Crippen molar-refractivity contribution in [3.8, 4) is 10.6 Å². The number of ketones is 1. The van der Waals surface area contributed by atoms with Gasteiger partial charge >= 0.3 is 5.69 Å². The summed E-state index contributed by atoms with van der Waals surface area (Å²) in [6.45, 7) is 5.64. The number of amides is 1. The maximum absolute atomic E-state index is 13.1. The van der Waals surface area contributed by atoms with Crippen molar-refractivity contribution >= 4 is 46.0 Å². The number of thiazole rings is 1. The molecular weight excluding hydrogens is 510 g/mol. The van der Waals surface area contributed by atoms with Crippen molar-refractivity contribution in [1.29, 1.82) is 0 Å². The number of hydrogen-bond acceptors (Lipinski definition) is 10. The van der Waals surface area contributed by atoms with E-state index in [4.69, 9.17) is 0 Å². The molecule has 5 heterocycles. The van der Waals surface area contributed by atoms with Gasteiger partial charge in [-0.25, -0.2) is 24.7 Å².